The number of nitrogens with zero attached hydrogens (tertiary/aromatic N) is 2. The van der Waals surface area contributed by atoms with Gasteiger partial charge in [-0.1, -0.05) is 6.07 Å². The summed E-state index contributed by atoms with van der Waals surface area (Å²) < 4.78 is 5.12. The highest BCUT2D eigenvalue weighted by Gasteiger charge is 2.25. The fourth-order valence-corrected chi connectivity index (χ4v) is 3.29. The monoisotopic (exact) mass is 361 g/mol. The molecular formula is C17H19N3O4S. The van der Waals surface area contributed by atoms with Crippen LogP contribution in [0.1, 0.15) is 26.6 Å². The van der Waals surface area contributed by atoms with Crippen molar-refractivity contribution in [3.63, 3.8) is 0 Å². The third-order valence-corrected chi connectivity index (χ3v) is 4.89. The largest absolute Gasteiger partial charge is 0.459 e. The Morgan fingerprint density at radius 2 is 1.84 bits per heavy atom. The van der Waals surface area contributed by atoms with E-state index >= 15 is 0 Å². The smallest absolute Gasteiger partial charge is 0.289 e. The number of piperazine rings is 1. The molecule has 1 aliphatic heterocycles. The molecule has 0 unspecified atom stereocenters. The van der Waals surface area contributed by atoms with Crippen molar-refractivity contribution in [3.05, 3.63) is 46.5 Å². The van der Waals surface area contributed by atoms with Crippen molar-refractivity contribution in [2.75, 3.05) is 32.7 Å². The van der Waals surface area contributed by atoms with Crippen molar-refractivity contribution in [1.29, 1.82) is 0 Å². The van der Waals surface area contributed by atoms with Gasteiger partial charge in [0.05, 0.1) is 11.1 Å². The molecule has 0 bridgehead atoms. The number of carbonyl (C=O) groups excluding carboxylic acids is 3. The van der Waals surface area contributed by atoms with Crippen LogP contribution in [-0.2, 0) is 4.79 Å². The Morgan fingerprint density at radius 3 is 2.48 bits per heavy atom. The summed E-state index contributed by atoms with van der Waals surface area (Å²) in [5.74, 6) is -0.00961. The van der Waals surface area contributed by atoms with E-state index in [1.54, 1.807) is 28.0 Å². The van der Waals surface area contributed by atoms with Crippen LogP contribution in [0, 0.1) is 0 Å². The molecule has 8 heteroatoms. The van der Waals surface area contributed by atoms with Gasteiger partial charge in [-0.15, -0.1) is 11.3 Å². The van der Waals surface area contributed by atoms with E-state index < -0.39 is 0 Å². The van der Waals surface area contributed by atoms with Crippen LogP contribution >= 0.6 is 11.3 Å². The summed E-state index contributed by atoms with van der Waals surface area (Å²) in [6.45, 7) is 2.25. The first-order valence-electron chi connectivity index (χ1n) is 8.07. The second-order valence-electron chi connectivity index (χ2n) is 5.63. The average molecular weight is 361 g/mol. The van der Waals surface area contributed by atoms with E-state index in [-0.39, 0.29) is 24.1 Å². The zero-order valence-electron chi connectivity index (χ0n) is 13.6. The van der Waals surface area contributed by atoms with Gasteiger partial charge in [0.15, 0.2) is 5.76 Å². The van der Waals surface area contributed by atoms with Gasteiger partial charge in [-0.25, -0.2) is 0 Å². The van der Waals surface area contributed by atoms with Gasteiger partial charge in [-0.3, -0.25) is 14.4 Å². The Morgan fingerprint density at radius 1 is 1.08 bits per heavy atom. The minimum Gasteiger partial charge on any atom is -0.459 e. The van der Waals surface area contributed by atoms with Crippen LogP contribution in [0.3, 0.4) is 0 Å². The third kappa shape index (κ3) is 4.27. The summed E-state index contributed by atoms with van der Waals surface area (Å²) in [5.41, 5.74) is 0. The van der Waals surface area contributed by atoms with Gasteiger partial charge in [-0.05, 0) is 23.6 Å². The summed E-state index contributed by atoms with van der Waals surface area (Å²) in [6, 6.07) is 6.87. The van der Waals surface area contributed by atoms with Crippen molar-refractivity contribution in [2.24, 2.45) is 0 Å². The van der Waals surface area contributed by atoms with Gasteiger partial charge in [0.2, 0.25) is 5.91 Å². The second-order valence-corrected chi connectivity index (χ2v) is 6.58. The zero-order chi connectivity index (χ0) is 17.6. The van der Waals surface area contributed by atoms with E-state index in [0.29, 0.717) is 43.4 Å². The summed E-state index contributed by atoms with van der Waals surface area (Å²) in [4.78, 5) is 40.3. The van der Waals surface area contributed by atoms with E-state index in [4.69, 9.17) is 4.42 Å². The van der Waals surface area contributed by atoms with Gasteiger partial charge >= 0.3 is 0 Å². The van der Waals surface area contributed by atoms with Gasteiger partial charge < -0.3 is 19.5 Å². The Hall–Kier alpha value is -2.61. The molecule has 3 amide bonds. The Labute approximate surface area is 149 Å². The van der Waals surface area contributed by atoms with Crippen molar-refractivity contribution >= 4 is 29.1 Å². The molecule has 2 aromatic rings. The molecule has 1 aliphatic rings. The molecule has 1 N–H and O–H groups in total. The van der Waals surface area contributed by atoms with E-state index in [2.05, 4.69) is 5.32 Å². The van der Waals surface area contributed by atoms with E-state index in [9.17, 15) is 14.4 Å². The third-order valence-electron chi connectivity index (χ3n) is 4.02. The normalized spacial score (nSPS) is 14.4. The lowest BCUT2D eigenvalue weighted by atomic mass is 10.2. The summed E-state index contributed by atoms with van der Waals surface area (Å²) in [6.07, 6.45) is 1.72. The standard InChI is InChI=1S/C17H19N3O4S/c21-15(5-6-18-16(22)14-4-2-12-25-14)19-7-9-20(10-8-19)17(23)13-3-1-11-24-13/h1-4,11-12H,5-10H2,(H,18,22). The molecule has 0 radical (unpaired) electrons. The molecule has 3 heterocycles. The van der Waals surface area contributed by atoms with Crippen molar-refractivity contribution < 1.29 is 18.8 Å². The summed E-state index contributed by atoms with van der Waals surface area (Å²) in [5, 5.41) is 4.58. The Kier molecular flexibility index (Phi) is 5.49. The Balaban J connectivity index is 1.39. The lowest BCUT2D eigenvalue weighted by Crippen LogP contribution is -2.51. The zero-order valence-corrected chi connectivity index (χ0v) is 14.5. The van der Waals surface area contributed by atoms with Crippen molar-refractivity contribution in [3.8, 4) is 0 Å². The lowest BCUT2D eigenvalue weighted by Gasteiger charge is -2.34. The maximum Gasteiger partial charge on any atom is 0.289 e. The summed E-state index contributed by atoms with van der Waals surface area (Å²) >= 11 is 1.37. The Bertz CT molecular complexity index is 719. The van der Waals surface area contributed by atoms with Gasteiger partial charge in [0.1, 0.15) is 0 Å². The maximum absolute atomic E-state index is 12.2. The van der Waals surface area contributed by atoms with Gasteiger partial charge in [-0.2, -0.15) is 0 Å². The minimum absolute atomic E-state index is 0.0171. The predicted molar refractivity (Wildman–Crippen MR) is 92.5 cm³/mol. The molecule has 7 nitrogen and oxygen atoms in total. The molecule has 1 fully saturated rings. The maximum atomic E-state index is 12.2. The number of nitrogens with one attached hydrogen (secondary N) is 1. The molecule has 25 heavy (non-hydrogen) atoms. The van der Waals surface area contributed by atoms with Crippen LogP contribution < -0.4 is 5.32 Å². The molecule has 0 aliphatic carbocycles. The number of rotatable bonds is 5. The first kappa shape index (κ1) is 17.2. The number of thiophene rings is 1. The topological polar surface area (TPSA) is 82.9 Å². The van der Waals surface area contributed by atoms with Crippen molar-refractivity contribution in [2.45, 2.75) is 6.42 Å². The molecule has 0 spiro atoms. The molecule has 1 saturated heterocycles. The number of hydrogen-bond donors (Lipinski definition) is 1. The molecule has 0 saturated carbocycles. The van der Waals surface area contributed by atoms with Crippen LogP contribution in [0.5, 0.6) is 0 Å². The first-order chi connectivity index (χ1) is 12.1. The number of furan rings is 1. The first-order valence-corrected chi connectivity index (χ1v) is 8.95. The SMILES string of the molecule is O=C(NCCC(=O)N1CCN(C(=O)c2ccco2)CC1)c1cccs1. The van der Waals surface area contributed by atoms with Crippen LogP contribution in [-0.4, -0.2) is 60.2 Å². The molecule has 0 aromatic carbocycles. The van der Waals surface area contributed by atoms with Crippen LogP contribution in [0.2, 0.25) is 0 Å². The molecule has 2 aromatic heterocycles. The van der Waals surface area contributed by atoms with Crippen LogP contribution in [0.25, 0.3) is 0 Å². The highest BCUT2D eigenvalue weighted by molar-refractivity contribution is 7.12. The molecular weight excluding hydrogens is 342 g/mol. The van der Waals surface area contributed by atoms with E-state index in [1.807, 2.05) is 11.4 Å². The highest BCUT2D eigenvalue weighted by Crippen LogP contribution is 2.10. The molecule has 0 atom stereocenters. The minimum atomic E-state index is -0.156. The number of hydrogen-bond acceptors (Lipinski definition) is 5. The lowest BCUT2D eigenvalue weighted by molar-refractivity contribution is -0.132. The predicted octanol–water partition coefficient (Wildman–Crippen LogP) is 1.45. The quantitative estimate of drug-likeness (QED) is 0.874. The number of amides is 3. The average Bonchev–Trinajstić information content (AvgIpc) is 3.34. The molecule has 3 rings (SSSR count). The van der Waals surface area contributed by atoms with Crippen LogP contribution in [0.15, 0.2) is 40.3 Å². The fourth-order valence-electron chi connectivity index (χ4n) is 2.65. The van der Waals surface area contributed by atoms with Gasteiger partial charge in [0.25, 0.3) is 11.8 Å². The second kappa shape index (κ2) is 7.98. The fraction of sp³-hybridized carbons (Fsp3) is 0.353. The van der Waals surface area contributed by atoms with Gasteiger partial charge in [0, 0.05) is 39.1 Å². The molecule has 132 valence electrons. The summed E-state index contributed by atoms with van der Waals surface area (Å²) in [7, 11) is 0. The van der Waals surface area contributed by atoms with Crippen LogP contribution in [0.4, 0.5) is 0 Å². The van der Waals surface area contributed by atoms with Crippen molar-refractivity contribution in [1.82, 2.24) is 15.1 Å². The van der Waals surface area contributed by atoms with E-state index in [0.717, 1.165) is 0 Å². The van der Waals surface area contributed by atoms with E-state index in [1.165, 1.54) is 17.6 Å². The number of carbonyl (C=O) groups is 3. The highest BCUT2D eigenvalue weighted by atomic mass is 32.1.